The minimum atomic E-state index is 0.661. The molecule has 3 aromatic rings. The number of benzene rings is 2. The molecule has 24 heavy (non-hydrogen) atoms. The van der Waals surface area contributed by atoms with Crippen LogP contribution in [0.2, 0.25) is 0 Å². The molecule has 1 aromatic heterocycles. The van der Waals surface area contributed by atoms with Crippen molar-refractivity contribution >= 4 is 22.3 Å². The van der Waals surface area contributed by atoms with E-state index in [-0.39, 0.29) is 0 Å². The van der Waals surface area contributed by atoms with Crippen molar-refractivity contribution in [2.45, 2.75) is 13.3 Å². The lowest BCUT2D eigenvalue weighted by Crippen LogP contribution is -2.14. The molecule has 0 radical (unpaired) electrons. The number of aromatic nitrogens is 2. The van der Waals surface area contributed by atoms with Gasteiger partial charge in [-0.15, -0.1) is 0 Å². The summed E-state index contributed by atoms with van der Waals surface area (Å²) in [4.78, 5) is 2.30. The molecule has 0 atom stereocenters. The molecule has 0 bridgehead atoms. The molecule has 4 rings (SSSR count). The first-order valence-electron chi connectivity index (χ1n) is 7.95. The van der Waals surface area contributed by atoms with Gasteiger partial charge < -0.3 is 14.4 Å². The molecule has 0 saturated heterocycles. The normalized spacial score (nSPS) is 13.2. The standard InChI is InChI=1S/C19H19N3O2/c1-12-4-5-16-13(8-12)6-7-22(16)17-11-20-21-15-10-19(24-3)18(23-2)9-14(15)17/h4-5,8-11H,6-7H2,1-3H3. The molecule has 0 spiro atoms. The van der Waals surface area contributed by atoms with Crippen molar-refractivity contribution in [2.24, 2.45) is 0 Å². The molecule has 0 N–H and O–H groups in total. The second-order valence-corrected chi connectivity index (χ2v) is 5.99. The number of nitrogens with zero attached hydrogens (tertiary/aromatic N) is 3. The fourth-order valence-electron chi connectivity index (χ4n) is 3.37. The minimum absolute atomic E-state index is 0.661. The zero-order chi connectivity index (χ0) is 16.7. The Balaban J connectivity index is 1.89. The highest BCUT2D eigenvalue weighted by Gasteiger charge is 2.23. The average Bonchev–Trinajstić information content (AvgIpc) is 3.02. The maximum absolute atomic E-state index is 5.46. The number of methoxy groups -OCH3 is 2. The molecule has 2 aromatic carbocycles. The summed E-state index contributed by atoms with van der Waals surface area (Å²) in [5.74, 6) is 1.36. The topological polar surface area (TPSA) is 47.5 Å². The van der Waals surface area contributed by atoms with Crippen LogP contribution in [0.5, 0.6) is 11.5 Å². The Morgan fingerprint density at radius 2 is 1.79 bits per heavy atom. The second-order valence-electron chi connectivity index (χ2n) is 5.99. The van der Waals surface area contributed by atoms with Crippen LogP contribution in [0.3, 0.4) is 0 Å². The van der Waals surface area contributed by atoms with E-state index in [1.165, 1.54) is 16.8 Å². The number of fused-ring (bicyclic) bond motifs is 2. The van der Waals surface area contributed by atoms with Gasteiger partial charge in [-0.25, -0.2) is 0 Å². The Kier molecular flexibility index (Phi) is 3.49. The van der Waals surface area contributed by atoms with E-state index >= 15 is 0 Å². The third-order valence-electron chi connectivity index (χ3n) is 4.54. The van der Waals surface area contributed by atoms with Crippen molar-refractivity contribution in [3.05, 3.63) is 47.7 Å². The van der Waals surface area contributed by atoms with Gasteiger partial charge in [0.1, 0.15) is 0 Å². The molecule has 0 unspecified atom stereocenters. The highest BCUT2D eigenvalue weighted by Crippen LogP contribution is 2.40. The number of rotatable bonds is 3. The Morgan fingerprint density at radius 3 is 2.58 bits per heavy atom. The third kappa shape index (κ3) is 2.24. The summed E-state index contributed by atoms with van der Waals surface area (Å²) >= 11 is 0. The van der Waals surface area contributed by atoms with Crippen molar-refractivity contribution < 1.29 is 9.47 Å². The highest BCUT2D eigenvalue weighted by molar-refractivity contribution is 5.95. The van der Waals surface area contributed by atoms with Crippen LogP contribution in [0.25, 0.3) is 10.9 Å². The Morgan fingerprint density at radius 1 is 1.00 bits per heavy atom. The number of aryl methyl sites for hydroxylation is 1. The van der Waals surface area contributed by atoms with Crippen molar-refractivity contribution in [1.29, 1.82) is 0 Å². The van der Waals surface area contributed by atoms with Crippen LogP contribution in [0, 0.1) is 6.92 Å². The van der Waals surface area contributed by atoms with Gasteiger partial charge >= 0.3 is 0 Å². The molecule has 5 heteroatoms. The second kappa shape index (κ2) is 5.67. The quantitative estimate of drug-likeness (QED) is 0.737. The summed E-state index contributed by atoms with van der Waals surface area (Å²) in [6.45, 7) is 3.07. The summed E-state index contributed by atoms with van der Waals surface area (Å²) in [5, 5.41) is 9.46. The number of anilines is 2. The van der Waals surface area contributed by atoms with E-state index in [2.05, 4.69) is 40.2 Å². The lowest BCUT2D eigenvalue weighted by molar-refractivity contribution is 0.355. The van der Waals surface area contributed by atoms with Crippen LogP contribution in [-0.2, 0) is 6.42 Å². The summed E-state index contributed by atoms with van der Waals surface area (Å²) in [5.41, 5.74) is 5.75. The van der Waals surface area contributed by atoms with E-state index in [9.17, 15) is 0 Å². The van der Waals surface area contributed by atoms with Crippen LogP contribution in [0.1, 0.15) is 11.1 Å². The zero-order valence-electron chi connectivity index (χ0n) is 14.0. The van der Waals surface area contributed by atoms with Gasteiger partial charge in [-0.05, 0) is 31.0 Å². The average molecular weight is 321 g/mol. The molecule has 0 aliphatic carbocycles. The van der Waals surface area contributed by atoms with Crippen LogP contribution >= 0.6 is 0 Å². The van der Waals surface area contributed by atoms with Crippen LogP contribution in [0.4, 0.5) is 11.4 Å². The molecule has 0 fully saturated rings. The van der Waals surface area contributed by atoms with Gasteiger partial charge in [0, 0.05) is 23.7 Å². The first-order valence-corrected chi connectivity index (χ1v) is 7.95. The molecule has 1 aliphatic rings. The van der Waals surface area contributed by atoms with Gasteiger partial charge in [0.15, 0.2) is 11.5 Å². The summed E-state index contributed by atoms with van der Waals surface area (Å²) in [7, 11) is 3.27. The van der Waals surface area contributed by atoms with E-state index in [0.717, 1.165) is 29.6 Å². The zero-order valence-corrected chi connectivity index (χ0v) is 14.0. The van der Waals surface area contributed by atoms with E-state index < -0.39 is 0 Å². The first kappa shape index (κ1) is 14.8. The molecule has 0 saturated carbocycles. The lowest BCUT2D eigenvalue weighted by atomic mass is 10.1. The van der Waals surface area contributed by atoms with E-state index in [0.29, 0.717) is 11.5 Å². The van der Waals surface area contributed by atoms with Gasteiger partial charge in [-0.2, -0.15) is 10.2 Å². The van der Waals surface area contributed by atoms with Crippen molar-refractivity contribution in [1.82, 2.24) is 10.2 Å². The van der Waals surface area contributed by atoms with Gasteiger partial charge in [0.2, 0.25) is 0 Å². The van der Waals surface area contributed by atoms with E-state index in [1.54, 1.807) is 14.2 Å². The van der Waals surface area contributed by atoms with Crippen LogP contribution in [-0.4, -0.2) is 31.0 Å². The molecule has 122 valence electrons. The van der Waals surface area contributed by atoms with Crippen molar-refractivity contribution in [2.75, 3.05) is 25.7 Å². The third-order valence-corrected chi connectivity index (χ3v) is 4.54. The highest BCUT2D eigenvalue weighted by atomic mass is 16.5. The predicted octanol–water partition coefficient (Wildman–Crippen LogP) is 3.65. The fourth-order valence-corrected chi connectivity index (χ4v) is 3.37. The molecule has 0 amide bonds. The maximum atomic E-state index is 5.46. The van der Waals surface area contributed by atoms with E-state index in [4.69, 9.17) is 9.47 Å². The summed E-state index contributed by atoms with van der Waals surface area (Å²) in [6, 6.07) is 10.4. The van der Waals surface area contributed by atoms with Crippen molar-refractivity contribution in [3.63, 3.8) is 0 Å². The lowest BCUT2D eigenvalue weighted by Gasteiger charge is -2.21. The molecule has 5 nitrogen and oxygen atoms in total. The predicted molar refractivity (Wildman–Crippen MR) is 94.5 cm³/mol. The van der Waals surface area contributed by atoms with Crippen molar-refractivity contribution in [3.8, 4) is 11.5 Å². The number of hydrogen-bond acceptors (Lipinski definition) is 5. The number of hydrogen-bond donors (Lipinski definition) is 0. The number of ether oxygens (including phenoxy) is 2. The molecular formula is C19H19N3O2. The largest absolute Gasteiger partial charge is 0.493 e. The summed E-state index contributed by atoms with van der Waals surface area (Å²) in [6.07, 6.45) is 2.86. The minimum Gasteiger partial charge on any atom is -0.493 e. The molecule has 1 aliphatic heterocycles. The Bertz CT molecular complexity index is 924. The van der Waals surface area contributed by atoms with Gasteiger partial charge in [-0.1, -0.05) is 17.7 Å². The van der Waals surface area contributed by atoms with Gasteiger partial charge in [0.05, 0.1) is 31.6 Å². The van der Waals surface area contributed by atoms with Crippen LogP contribution < -0.4 is 14.4 Å². The van der Waals surface area contributed by atoms with Crippen LogP contribution in [0.15, 0.2) is 36.5 Å². The Hall–Kier alpha value is -2.82. The molecular weight excluding hydrogens is 302 g/mol. The first-order chi connectivity index (χ1) is 11.7. The van der Waals surface area contributed by atoms with Gasteiger partial charge in [-0.3, -0.25) is 0 Å². The SMILES string of the molecule is COc1cc2nncc(N3CCc4cc(C)ccc43)c2cc1OC. The fraction of sp³-hybridized carbons (Fsp3) is 0.263. The Labute approximate surface area is 140 Å². The maximum Gasteiger partial charge on any atom is 0.162 e. The van der Waals surface area contributed by atoms with Gasteiger partial charge in [0.25, 0.3) is 0 Å². The monoisotopic (exact) mass is 321 g/mol. The van der Waals surface area contributed by atoms with E-state index in [1.807, 2.05) is 18.3 Å². The smallest absolute Gasteiger partial charge is 0.162 e. The summed E-state index contributed by atoms with van der Waals surface area (Å²) < 4.78 is 10.8. The molecule has 2 heterocycles.